The van der Waals surface area contributed by atoms with Crippen molar-refractivity contribution < 1.29 is 96.0 Å². The summed E-state index contributed by atoms with van der Waals surface area (Å²) in [4.78, 5) is 73.1. The number of benzene rings is 1. The molecule has 0 saturated heterocycles. The summed E-state index contributed by atoms with van der Waals surface area (Å²) < 4.78 is 56.9. The molecule has 0 atom stereocenters. The average Bonchev–Trinajstić information content (AvgIpc) is 2.92. The van der Waals surface area contributed by atoms with E-state index in [4.69, 9.17) is 0 Å². The smallest absolute Gasteiger partial charge is 0.790 e. The van der Waals surface area contributed by atoms with E-state index in [0.29, 0.717) is 11.6 Å². The molecular weight excluding hydrogens is 630 g/mol. The Morgan fingerprint density at radius 2 is 1.77 bits per heavy atom. The number of anilines is 1. The molecule has 0 unspecified atom stereocenters. The minimum atomic E-state index is -5.65. The minimum absolute atomic E-state index is 0. The summed E-state index contributed by atoms with van der Waals surface area (Å²) in [7, 11) is -5.65. The van der Waals surface area contributed by atoms with Crippen molar-refractivity contribution in [1.82, 2.24) is 24.1 Å². The molecule has 0 fully saturated rings. The Labute approximate surface area is 288 Å². The zero-order valence-corrected chi connectivity index (χ0v) is 28.0. The maximum absolute atomic E-state index is 13.6. The molecule has 0 spiro atoms. The quantitative estimate of drug-likeness (QED) is 0.108. The first-order chi connectivity index (χ1) is 19.7. The van der Waals surface area contributed by atoms with Gasteiger partial charge in [0.25, 0.3) is 5.56 Å². The van der Waals surface area contributed by atoms with Crippen molar-refractivity contribution in [1.29, 1.82) is 0 Å². The molecule has 0 saturated carbocycles. The van der Waals surface area contributed by atoms with Gasteiger partial charge in [-0.05, 0) is 42.5 Å². The van der Waals surface area contributed by atoms with Gasteiger partial charge in [-0.15, -0.1) is 0 Å². The number of halogens is 3. The molecule has 0 aliphatic rings. The predicted molar refractivity (Wildman–Crippen MR) is 138 cm³/mol. The van der Waals surface area contributed by atoms with Gasteiger partial charge in [0.05, 0.1) is 41.2 Å². The molecular formula is C25H16F3N6Na2O7P. The normalized spacial score (nSPS) is 11.6. The number of phosphoric ester groups is 1. The van der Waals surface area contributed by atoms with Crippen LogP contribution in [0.25, 0.3) is 38.9 Å². The number of amides is 1. The van der Waals surface area contributed by atoms with Crippen LogP contribution < -0.4 is 85.5 Å². The monoisotopic (exact) mass is 646 g/mol. The van der Waals surface area contributed by atoms with E-state index in [2.05, 4.69) is 24.8 Å². The Morgan fingerprint density at radius 3 is 2.39 bits per heavy atom. The van der Waals surface area contributed by atoms with E-state index in [1.165, 1.54) is 31.3 Å². The molecule has 13 nitrogen and oxygen atoms in total. The molecule has 5 rings (SSSR count). The maximum atomic E-state index is 13.6. The Kier molecular flexibility index (Phi) is 11.1. The number of pyridine rings is 3. The molecule has 216 valence electrons. The molecule has 19 heteroatoms. The van der Waals surface area contributed by atoms with Crippen LogP contribution in [0.1, 0.15) is 12.5 Å². The van der Waals surface area contributed by atoms with Gasteiger partial charge in [0.15, 0.2) is 0 Å². The van der Waals surface area contributed by atoms with E-state index in [-0.39, 0.29) is 109 Å². The first-order valence-corrected chi connectivity index (χ1v) is 13.2. The summed E-state index contributed by atoms with van der Waals surface area (Å²) in [5.74, 6) is -0.0745. The zero-order valence-electron chi connectivity index (χ0n) is 23.2. The van der Waals surface area contributed by atoms with Crippen LogP contribution in [0.3, 0.4) is 0 Å². The fourth-order valence-corrected chi connectivity index (χ4v) is 4.41. The Morgan fingerprint density at radius 1 is 1.05 bits per heavy atom. The number of aromatic nitrogens is 5. The third-order valence-corrected chi connectivity index (χ3v) is 6.38. The van der Waals surface area contributed by atoms with Crippen LogP contribution in [-0.4, -0.2) is 30.0 Å². The number of rotatable bonds is 6. The van der Waals surface area contributed by atoms with Crippen molar-refractivity contribution in [2.75, 3.05) is 5.32 Å². The van der Waals surface area contributed by atoms with Crippen LogP contribution in [0.15, 0.2) is 70.5 Å². The van der Waals surface area contributed by atoms with Crippen LogP contribution in [0, 0.1) is 0 Å². The summed E-state index contributed by atoms with van der Waals surface area (Å²) in [6.45, 7) is -0.0166. The van der Waals surface area contributed by atoms with Gasteiger partial charge in [0.2, 0.25) is 5.91 Å². The summed E-state index contributed by atoms with van der Waals surface area (Å²) in [6.07, 6.45) is -2.36. The fourth-order valence-electron chi connectivity index (χ4n) is 4.15. The fraction of sp³-hybridized carbons (Fsp3) is 0.120. The van der Waals surface area contributed by atoms with Gasteiger partial charge in [0.1, 0.15) is 18.1 Å². The molecule has 4 heterocycles. The van der Waals surface area contributed by atoms with Crippen molar-refractivity contribution >= 4 is 41.5 Å². The van der Waals surface area contributed by atoms with Crippen molar-refractivity contribution in [3.63, 3.8) is 0 Å². The number of nitrogens with one attached hydrogen (secondary N) is 1. The molecule has 1 aromatic carbocycles. The number of hydrogen-bond acceptors (Lipinski definition) is 10. The number of alkyl halides is 3. The third-order valence-electron chi connectivity index (χ3n) is 5.95. The van der Waals surface area contributed by atoms with Crippen LogP contribution in [0.2, 0.25) is 0 Å². The number of carbonyl (C=O) groups is 1. The maximum Gasteiger partial charge on any atom is 1.00 e. The minimum Gasteiger partial charge on any atom is -0.790 e. The van der Waals surface area contributed by atoms with Crippen LogP contribution in [0.5, 0.6) is 0 Å². The molecule has 1 amide bonds. The Bertz CT molecular complexity index is 2050. The summed E-state index contributed by atoms with van der Waals surface area (Å²) >= 11 is 0. The molecule has 0 aliphatic carbocycles. The first-order valence-electron chi connectivity index (χ1n) is 11.8. The summed E-state index contributed by atoms with van der Waals surface area (Å²) in [6, 6.07) is 9.77. The molecule has 4 aromatic heterocycles. The SMILES string of the molecule is CC(=O)Nc1ccc(-c2ccc3ncc4c(=O)n(COP(=O)([O-])[O-])c(=O)n(-c5cccc(C(F)(F)F)c5)c4c3n2)cn1.[Na+].[Na+]. The van der Waals surface area contributed by atoms with Gasteiger partial charge < -0.3 is 24.2 Å². The molecule has 44 heavy (non-hydrogen) atoms. The topological polar surface area (TPSA) is 184 Å². The predicted octanol–water partition coefficient (Wildman–Crippen LogP) is -4.05. The van der Waals surface area contributed by atoms with Gasteiger partial charge >= 0.3 is 71.0 Å². The van der Waals surface area contributed by atoms with Crippen molar-refractivity contribution in [3.05, 3.63) is 87.3 Å². The number of hydrogen-bond donors (Lipinski definition) is 1. The van der Waals surface area contributed by atoms with Crippen LogP contribution >= 0.6 is 7.82 Å². The Balaban J connectivity index is 0.00000264. The standard InChI is InChI=1S/C25H18F3N6O7P.2Na/c1-13(35)31-20-8-5-14(10-30-20)18-6-7-19-21(32-18)22-17(11-29-19)23(36)33(12-41-42(38,39)40)24(37)34(22)16-4-2-3-15(9-16)25(26,27)28;;/h2-11H,12H2,1H3,(H,30,31,35)(H2,38,39,40);;/q;2*+1/p-2. The first kappa shape index (κ1) is 35.7. The van der Waals surface area contributed by atoms with Gasteiger partial charge in [-0.3, -0.25) is 19.1 Å². The van der Waals surface area contributed by atoms with E-state index in [1.54, 1.807) is 12.1 Å². The van der Waals surface area contributed by atoms with Crippen molar-refractivity contribution in [2.24, 2.45) is 0 Å². The van der Waals surface area contributed by atoms with E-state index in [0.717, 1.165) is 22.9 Å². The van der Waals surface area contributed by atoms with E-state index < -0.39 is 37.5 Å². The molecule has 0 radical (unpaired) electrons. The second-order valence-corrected chi connectivity index (χ2v) is 9.96. The van der Waals surface area contributed by atoms with E-state index in [1.807, 2.05) is 0 Å². The third kappa shape index (κ3) is 7.54. The largest absolute Gasteiger partial charge is 1.00 e. The average molecular weight is 646 g/mol. The second kappa shape index (κ2) is 13.7. The molecule has 0 aliphatic heterocycles. The molecule has 5 aromatic rings. The van der Waals surface area contributed by atoms with Gasteiger partial charge in [-0.2, -0.15) is 13.2 Å². The van der Waals surface area contributed by atoms with Crippen molar-refractivity contribution in [3.8, 4) is 16.9 Å². The zero-order chi connectivity index (χ0) is 30.4. The second-order valence-electron chi connectivity index (χ2n) is 8.80. The Hall–Kier alpha value is -2.76. The molecule has 1 N–H and O–H groups in total. The van der Waals surface area contributed by atoms with Crippen molar-refractivity contribution in [2.45, 2.75) is 19.8 Å². The number of nitrogens with zero attached hydrogens (tertiary/aromatic N) is 5. The number of phosphoric acid groups is 1. The molecule has 0 bridgehead atoms. The summed E-state index contributed by atoms with van der Waals surface area (Å²) in [5, 5.41) is 2.18. The number of carbonyl (C=O) groups excluding carboxylic acids is 1. The van der Waals surface area contributed by atoms with E-state index in [9.17, 15) is 41.9 Å². The number of fused-ring (bicyclic) bond motifs is 3. The van der Waals surface area contributed by atoms with Crippen LogP contribution in [-0.2, 0) is 26.8 Å². The van der Waals surface area contributed by atoms with Gasteiger partial charge in [-0.1, -0.05) is 6.07 Å². The van der Waals surface area contributed by atoms with Gasteiger partial charge in [-0.25, -0.2) is 19.3 Å². The van der Waals surface area contributed by atoms with Gasteiger partial charge in [0, 0.05) is 24.9 Å². The van der Waals surface area contributed by atoms with E-state index >= 15 is 0 Å². The summed E-state index contributed by atoms with van der Waals surface area (Å²) in [5.41, 5.74) is -3.32. The van der Waals surface area contributed by atoms with Crippen LogP contribution in [0.4, 0.5) is 19.0 Å².